The van der Waals surface area contributed by atoms with Gasteiger partial charge >= 0.3 is 6.03 Å². The number of nitrogens with zero attached hydrogens (tertiary/aromatic N) is 1. The van der Waals surface area contributed by atoms with Gasteiger partial charge in [0.15, 0.2) is 0 Å². The minimum absolute atomic E-state index is 0.200. The molecule has 20 heavy (non-hydrogen) atoms. The maximum Gasteiger partial charge on any atom is 0.325 e. The maximum atomic E-state index is 13.0. The molecule has 1 unspecified atom stereocenters. The summed E-state index contributed by atoms with van der Waals surface area (Å²) in [4.78, 5) is 25.9. The van der Waals surface area contributed by atoms with Gasteiger partial charge in [0.1, 0.15) is 11.4 Å². The highest BCUT2D eigenvalue weighted by Crippen LogP contribution is 2.32. The second kappa shape index (κ2) is 5.23. The standard InChI is InChI=1S/C15H19FN2O2/c1-4-15(11-5-7-12(16)8-6-11)13(19)18(9-10(2)3)14(20)17-15/h5-8,10H,4,9H2,1-3H3,(H,17,20). The zero-order valence-corrected chi connectivity index (χ0v) is 11.9. The van der Waals surface area contributed by atoms with E-state index in [4.69, 9.17) is 0 Å². The number of imide groups is 1. The van der Waals surface area contributed by atoms with Crippen molar-refractivity contribution >= 4 is 11.9 Å². The average molecular weight is 278 g/mol. The van der Waals surface area contributed by atoms with Gasteiger partial charge in [0.05, 0.1) is 0 Å². The van der Waals surface area contributed by atoms with Crippen LogP contribution in [0, 0.1) is 11.7 Å². The molecular weight excluding hydrogens is 259 g/mol. The number of nitrogens with one attached hydrogen (secondary N) is 1. The maximum absolute atomic E-state index is 13.0. The minimum Gasteiger partial charge on any atom is -0.319 e. The molecular formula is C15H19FN2O2. The predicted molar refractivity (Wildman–Crippen MR) is 73.5 cm³/mol. The van der Waals surface area contributed by atoms with Crippen molar-refractivity contribution in [2.45, 2.75) is 32.7 Å². The molecule has 1 atom stereocenters. The van der Waals surface area contributed by atoms with Crippen LogP contribution in [0.15, 0.2) is 24.3 Å². The molecule has 1 heterocycles. The molecule has 1 fully saturated rings. The predicted octanol–water partition coefficient (Wildman–Crippen LogP) is 2.64. The molecule has 0 radical (unpaired) electrons. The normalized spacial score (nSPS) is 22.6. The van der Waals surface area contributed by atoms with Crippen LogP contribution in [-0.2, 0) is 10.3 Å². The average Bonchev–Trinajstić information content (AvgIpc) is 2.64. The molecule has 108 valence electrons. The number of carbonyl (C=O) groups is 2. The molecule has 1 aromatic rings. The van der Waals surface area contributed by atoms with Gasteiger partial charge in [0, 0.05) is 6.54 Å². The quantitative estimate of drug-likeness (QED) is 0.861. The van der Waals surface area contributed by atoms with Crippen LogP contribution in [0.3, 0.4) is 0 Å². The van der Waals surface area contributed by atoms with Gasteiger partial charge in [-0.3, -0.25) is 9.69 Å². The molecule has 4 nitrogen and oxygen atoms in total. The summed E-state index contributed by atoms with van der Waals surface area (Å²) in [7, 11) is 0. The van der Waals surface area contributed by atoms with E-state index in [2.05, 4.69) is 5.32 Å². The first-order chi connectivity index (χ1) is 9.40. The molecule has 1 saturated heterocycles. The fraction of sp³-hybridized carbons (Fsp3) is 0.467. The van der Waals surface area contributed by atoms with Crippen LogP contribution in [0.5, 0.6) is 0 Å². The lowest BCUT2D eigenvalue weighted by Gasteiger charge is -2.26. The summed E-state index contributed by atoms with van der Waals surface area (Å²) in [6.07, 6.45) is 0.428. The fourth-order valence-electron chi connectivity index (χ4n) is 2.53. The Balaban J connectivity index is 2.39. The molecule has 2 rings (SSSR count). The number of urea groups is 1. The highest BCUT2D eigenvalue weighted by atomic mass is 19.1. The number of amides is 3. The number of halogens is 1. The van der Waals surface area contributed by atoms with Crippen LogP contribution in [0.1, 0.15) is 32.8 Å². The molecule has 5 heteroatoms. The Labute approximate surface area is 118 Å². The Morgan fingerprint density at radius 1 is 1.25 bits per heavy atom. The van der Waals surface area contributed by atoms with E-state index in [1.807, 2.05) is 20.8 Å². The van der Waals surface area contributed by atoms with Crippen LogP contribution < -0.4 is 5.32 Å². The van der Waals surface area contributed by atoms with Crippen molar-refractivity contribution in [1.82, 2.24) is 10.2 Å². The Morgan fingerprint density at radius 3 is 2.35 bits per heavy atom. The van der Waals surface area contributed by atoms with E-state index in [-0.39, 0.29) is 23.7 Å². The third kappa shape index (κ3) is 2.28. The molecule has 1 aliphatic heterocycles. The number of rotatable bonds is 4. The monoisotopic (exact) mass is 278 g/mol. The molecule has 0 aromatic heterocycles. The second-order valence-electron chi connectivity index (χ2n) is 5.51. The third-order valence-electron chi connectivity index (χ3n) is 3.59. The van der Waals surface area contributed by atoms with Crippen molar-refractivity contribution in [2.75, 3.05) is 6.54 Å². The van der Waals surface area contributed by atoms with Gasteiger partial charge in [-0.1, -0.05) is 32.9 Å². The zero-order valence-electron chi connectivity index (χ0n) is 11.9. The Morgan fingerprint density at radius 2 is 1.85 bits per heavy atom. The van der Waals surface area contributed by atoms with Crippen LogP contribution in [0.2, 0.25) is 0 Å². The first kappa shape index (κ1) is 14.5. The van der Waals surface area contributed by atoms with Crippen LogP contribution in [-0.4, -0.2) is 23.4 Å². The van der Waals surface area contributed by atoms with Gasteiger partial charge < -0.3 is 5.32 Å². The van der Waals surface area contributed by atoms with E-state index in [0.29, 0.717) is 18.5 Å². The highest BCUT2D eigenvalue weighted by molar-refractivity contribution is 6.07. The summed E-state index contributed by atoms with van der Waals surface area (Å²) in [5.74, 6) is -0.424. The van der Waals surface area contributed by atoms with Crippen molar-refractivity contribution < 1.29 is 14.0 Å². The van der Waals surface area contributed by atoms with Crippen LogP contribution >= 0.6 is 0 Å². The molecule has 1 N–H and O–H groups in total. The minimum atomic E-state index is -1.07. The first-order valence-electron chi connectivity index (χ1n) is 6.81. The number of benzene rings is 1. The van der Waals surface area contributed by atoms with E-state index in [1.165, 1.54) is 17.0 Å². The molecule has 3 amide bonds. The van der Waals surface area contributed by atoms with Gasteiger partial charge in [0.25, 0.3) is 5.91 Å². The molecule has 0 saturated carbocycles. The zero-order chi connectivity index (χ0) is 14.9. The third-order valence-corrected chi connectivity index (χ3v) is 3.59. The van der Waals surface area contributed by atoms with Crippen molar-refractivity contribution in [3.05, 3.63) is 35.6 Å². The van der Waals surface area contributed by atoms with Gasteiger partial charge in [-0.15, -0.1) is 0 Å². The van der Waals surface area contributed by atoms with Crippen molar-refractivity contribution in [3.63, 3.8) is 0 Å². The van der Waals surface area contributed by atoms with E-state index >= 15 is 0 Å². The van der Waals surface area contributed by atoms with Crippen molar-refractivity contribution in [3.8, 4) is 0 Å². The number of carbonyl (C=O) groups excluding carboxylic acids is 2. The lowest BCUT2D eigenvalue weighted by Crippen LogP contribution is -2.43. The topological polar surface area (TPSA) is 49.4 Å². The smallest absolute Gasteiger partial charge is 0.319 e. The van der Waals surface area contributed by atoms with Crippen molar-refractivity contribution in [1.29, 1.82) is 0 Å². The van der Waals surface area contributed by atoms with Gasteiger partial charge in [-0.2, -0.15) is 0 Å². The first-order valence-corrected chi connectivity index (χ1v) is 6.81. The number of hydrogen-bond acceptors (Lipinski definition) is 2. The largest absolute Gasteiger partial charge is 0.325 e. The van der Waals surface area contributed by atoms with E-state index in [0.717, 1.165) is 0 Å². The molecule has 0 spiro atoms. The van der Waals surface area contributed by atoms with Crippen LogP contribution in [0.25, 0.3) is 0 Å². The summed E-state index contributed by atoms with van der Waals surface area (Å²) < 4.78 is 13.0. The van der Waals surface area contributed by atoms with Gasteiger partial charge in [0.2, 0.25) is 0 Å². The van der Waals surface area contributed by atoms with E-state index < -0.39 is 5.54 Å². The second-order valence-corrected chi connectivity index (χ2v) is 5.51. The summed E-state index contributed by atoms with van der Waals surface area (Å²) in [5.41, 5.74) is -0.453. The van der Waals surface area contributed by atoms with Gasteiger partial charge in [-0.25, -0.2) is 9.18 Å². The number of hydrogen-bond donors (Lipinski definition) is 1. The van der Waals surface area contributed by atoms with E-state index in [9.17, 15) is 14.0 Å². The molecule has 0 aliphatic carbocycles. The Hall–Kier alpha value is -1.91. The Bertz CT molecular complexity index is 527. The van der Waals surface area contributed by atoms with Crippen molar-refractivity contribution in [2.24, 2.45) is 5.92 Å². The summed E-state index contributed by atoms with van der Waals surface area (Å²) in [6.45, 7) is 6.11. The summed E-state index contributed by atoms with van der Waals surface area (Å²) in [6, 6.07) is 5.33. The highest BCUT2D eigenvalue weighted by Gasteiger charge is 2.51. The summed E-state index contributed by atoms with van der Waals surface area (Å²) in [5, 5.41) is 2.77. The molecule has 0 bridgehead atoms. The Kier molecular flexibility index (Phi) is 3.79. The SMILES string of the molecule is CCC1(c2ccc(F)cc2)NC(=O)N(CC(C)C)C1=O. The van der Waals surface area contributed by atoms with Crippen LogP contribution in [0.4, 0.5) is 9.18 Å². The molecule has 1 aromatic carbocycles. The lowest BCUT2D eigenvalue weighted by molar-refractivity contribution is -0.132. The van der Waals surface area contributed by atoms with Gasteiger partial charge in [-0.05, 0) is 30.0 Å². The summed E-state index contributed by atoms with van der Waals surface area (Å²) >= 11 is 0. The van der Waals surface area contributed by atoms with E-state index in [1.54, 1.807) is 12.1 Å². The lowest BCUT2D eigenvalue weighted by atomic mass is 9.87. The molecule has 1 aliphatic rings. The fourth-order valence-corrected chi connectivity index (χ4v) is 2.53.